The van der Waals surface area contributed by atoms with Crippen molar-refractivity contribution in [2.45, 2.75) is 61.0 Å². The monoisotopic (exact) mass is 490 g/mol. The first kappa shape index (κ1) is 23.9. The quantitative estimate of drug-likeness (QED) is 0.336. The highest BCUT2D eigenvalue weighted by Gasteiger charge is 2.51. The Balaban J connectivity index is 1.95. The Hall–Kier alpha value is -0.800. The molecule has 0 spiro atoms. The van der Waals surface area contributed by atoms with Crippen LogP contribution in [0.4, 0.5) is 0 Å². The van der Waals surface area contributed by atoms with E-state index in [4.69, 9.17) is 23.2 Å². The van der Waals surface area contributed by atoms with Crippen molar-refractivity contribution in [2.24, 2.45) is 5.92 Å². The maximum atomic E-state index is 13.0. The molecule has 0 bridgehead atoms. The molecule has 2 atom stereocenters. The molecular formula is C20H28Cl2N4O2S2. The fourth-order valence-corrected chi connectivity index (χ4v) is 6.76. The molecule has 166 valence electrons. The third-order valence-corrected chi connectivity index (χ3v) is 9.58. The first-order chi connectivity index (χ1) is 14.2. The topological polar surface area (TPSA) is 68.1 Å². The summed E-state index contributed by atoms with van der Waals surface area (Å²) in [6, 6.07) is 7.12. The molecular weight excluding hydrogens is 463 g/mol. The highest BCUT2D eigenvalue weighted by molar-refractivity contribution is 7.99. The Labute approximate surface area is 193 Å². The number of aromatic nitrogens is 3. The lowest BCUT2D eigenvalue weighted by Gasteiger charge is -2.19. The van der Waals surface area contributed by atoms with Gasteiger partial charge in [0.25, 0.3) is 0 Å². The van der Waals surface area contributed by atoms with Gasteiger partial charge in [-0.3, -0.25) is 4.57 Å². The smallest absolute Gasteiger partial charge is 0.243 e. The molecule has 1 saturated carbocycles. The highest BCUT2D eigenvalue weighted by Crippen LogP contribution is 2.54. The minimum atomic E-state index is -3.55. The van der Waals surface area contributed by atoms with Gasteiger partial charge in [0.1, 0.15) is 4.33 Å². The zero-order valence-electron chi connectivity index (χ0n) is 17.7. The van der Waals surface area contributed by atoms with E-state index in [1.54, 1.807) is 30.0 Å². The largest absolute Gasteiger partial charge is 0.299 e. The average Bonchev–Trinajstić information content (AvgIpc) is 3.13. The van der Waals surface area contributed by atoms with Crippen LogP contribution in [-0.4, -0.2) is 50.7 Å². The summed E-state index contributed by atoms with van der Waals surface area (Å²) in [6.07, 6.45) is 1.69. The van der Waals surface area contributed by atoms with Gasteiger partial charge in [0.2, 0.25) is 10.0 Å². The van der Waals surface area contributed by atoms with Crippen molar-refractivity contribution in [3.63, 3.8) is 0 Å². The number of halogens is 2. The van der Waals surface area contributed by atoms with Gasteiger partial charge in [0.15, 0.2) is 11.0 Å². The lowest BCUT2D eigenvalue weighted by atomic mass is 10.2. The van der Waals surface area contributed by atoms with Gasteiger partial charge in [0, 0.05) is 36.4 Å². The zero-order valence-corrected chi connectivity index (χ0v) is 20.8. The van der Waals surface area contributed by atoms with Crippen molar-refractivity contribution >= 4 is 45.0 Å². The van der Waals surface area contributed by atoms with Gasteiger partial charge in [-0.05, 0) is 31.9 Å². The number of nitrogens with zero attached hydrogens (tertiary/aromatic N) is 4. The predicted octanol–water partition coefficient (Wildman–Crippen LogP) is 5.23. The number of alkyl halides is 2. The molecule has 10 heteroatoms. The molecule has 1 aliphatic rings. The second-order valence-corrected chi connectivity index (χ2v) is 12.0. The molecule has 2 aromatic rings. The van der Waals surface area contributed by atoms with E-state index in [0.717, 1.165) is 29.3 Å². The number of hydrogen-bond donors (Lipinski definition) is 0. The summed E-state index contributed by atoms with van der Waals surface area (Å²) in [6.45, 7) is 8.74. The normalized spacial score (nSPS) is 19.2. The van der Waals surface area contributed by atoms with E-state index in [-0.39, 0.29) is 16.9 Å². The second-order valence-electron chi connectivity index (χ2n) is 7.52. The van der Waals surface area contributed by atoms with Crippen LogP contribution in [0.3, 0.4) is 0 Å². The molecule has 1 fully saturated rings. The van der Waals surface area contributed by atoms with E-state index in [9.17, 15) is 8.42 Å². The first-order valence-electron chi connectivity index (χ1n) is 10.2. The summed E-state index contributed by atoms with van der Waals surface area (Å²) in [7, 11) is -3.55. The maximum absolute atomic E-state index is 13.0. The summed E-state index contributed by atoms with van der Waals surface area (Å²) in [5, 5.41) is 9.61. The lowest BCUT2D eigenvalue weighted by Crippen LogP contribution is -2.30. The lowest BCUT2D eigenvalue weighted by molar-refractivity contribution is 0.445. The fraction of sp³-hybridized carbons (Fsp3) is 0.600. The Morgan fingerprint density at radius 1 is 1.27 bits per heavy atom. The van der Waals surface area contributed by atoms with E-state index >= 15 is 0 Å². The summed E-state index contributed by atoms with van der Waals surface area (Å²) < 4.78 is 28.8. The highest BCUT2D eigenvalue weighted by atomic mass is 35.5. The Kier molecular flexibility index (Phi) is 7.45. The van der Waals surface area contributed by atoms with Gasteiger partial charge in [0.05, 0.1) is 4.90 Å². The Morgan fingerprint density at radius 3 is 2.50 bits per heavy atom. The number of hydrogen-bond acceptors (Lipinski definition) is 5. The van der Waals surface area contributed by atoms with Crippen LogP contribution in [0, 0.1) is 5.92 Å². The van der Waals surface area contributed by atoms with Crippen molar-refractivity contribution in [3.8, 4) is 11.4 Å². The van der Waals surface area contributed by atoms with E-state index in [1.165, 1.54) is 4.31 Å². The maximum Gasteiger partial charge on any atom is 0.243 e. The molecule has 1 heterocycles. The van der Waals surface area contributed by atoms with Crippen LogP contribution in [-0.2, 0) is 10.0 Å². The SMILES string of the molecule is CCC(C)n1c(SCC2CC2(Cl)Cl)nnc1-c1cccc(S(=O)(=O)N(CC)CC)c1. The van der Waals surface area contributed by atoms with Crippen molar-refractivity contribution in [3.05, 3.63) is 24.3 Å². The van der Waals surface area contributed by atoms with Gasteiger partial charge in [-0.2, -0.15) is 4.31 Å². The molecule has 1 aliphatic carbocycles. The number of sulfonamides is 1. The summed E-state index contributed by atoms with van der Waals surface area (Å²) in [4.78, 5) is 0.267. The van der Waals surface area contributed by atoms with Crippen molar-refractivity contribution < 1.29 is 8.42 Å². The van der Waals surface area contributed by atoms with Gasteiger partial charge in [-0.15, -0.1) is 33.4 Å². The molecule has 3 rings (SSSR count). The molecule has 6 nitrogen and oxygen atoms in total. The van der Waals surface area contributed by atoms with Crippen LogP contribution >= 0.6 is 35.0 Å². The first-order valence-corrected chi connectivity index (χ1v) is 13.4. The molecule has 0 N–H and O–H groups in total. The van der Waals surface area contributed by atoms with Crippen LogP contribution in [0.1, 0.15) is 46.6 Å². The summed E-state index contributed by atoms with van der Waals surface area (Å²) in [5.74, 6) is 1.69. The van der Waals surface area contributed by atoms with Crippen molar-refractivity contribution in [1.82, 2.24) is 19.1 Å². The summed E-state index contributed by atoms with van der Waals surface area (Å²) in [5.41, 5.74) is 0.735. The molecule has 0 saturated heterocycles. The predicted molar refractivity (Wildman–Crippen MR) is 124 cm³/mol. The van der Waals surface area contributed by atoms with E-state index in [1.807, 2.05) is 19.9 Å². The molecule has 30 heavy (non-hydrogen) atoms. The molecule has 2 unspecified atom stereocenters. The van der Waals surface area contributed by atoms with Gasteiger partial charge in [-0.25, -0.2) is 8.42 Å². The van der Waals surface area contributed by atoms with Gasteiger partial charge >= 0.3 is 0 Å². The Bertz CT molecular complexity index is 990. The minimum absolute atomic E-state index is 0.163. The van der Waals surface area contributed by atoms with E-state index in [2.05, 4.69) is 28.6 Å². The molecule has 1 aromatic heterocycles. The van der Waals surface area contributed by atoms with Crippen LogP contribution in [0.2, 0.25) is 0 Å². The number of benzene rings is 1. The fourth-order valence-electron chi connectivity index (χ4n) is 3.29. The third-order valence-electron chi connectivity index (χ3n) is 5.50. The molecule has 0 amide bonds. The molecule has 0 radical (unpaired) electrons. The van der Waals surface area contributed by atoms with Crippen LogP contribution in [0.25, 0.3) is 11.4 Å². The number of rotatable bonds is 10. The molecule has 1 aromatic carbocycles. The average molecular weight is 492 g/mol. The second kappa shape index (κ2) is 9.36. The van der Waals surface area contributed by atoms with Gasteiger partial charge < -0.3 is 0 Å². The van der Waals surface area contributed by atoms with Crippen molar-refractivity contribution in [1.29, 1.82) is 0 Å². The zero-order chi connectivity index (χ0) is 22.1. The van der Waals surface area contributed by atoms with Crippen molar-refractivity contribution in [2.75, 3.05) is 18.8 Å². The van der Waals surface area contributed by atoms with Crippen LogP contribution < -0.4 is 0 Å². The van der Waals surface area contributed by atoms with Gasteiger partial charge in [-0.1, -0.05) is 44.7 Å². The standard InChI is InChI=1S/C20H28Cl2N4O2S2/c1-5-14(4)26-18(23-24-19(26)29-13-16-12-20(16,21)22)15-9-8-10-17(11-15)30(27,28)25(6-2)7-3/h8-11,14,16H,5-7,12-13H2,1-4H3. The minimum Gasteiger partial charge on any atom is -0.299 e. The third kappa shape index (κ3) is 4.83. The van der Waals surface area contributed by atoms with E-state index < -0.39 is 14.4 Å². The van der Waals surface area contributed by atoms with Crippen LogP contribution in [0.15, 0.2) is 34.3 Å². The number of thioether (sulfide) groups is 1. The van der Waals surface area contributed by atoms with E-state index in [0.29, 0.717) is 18.9 Å². The molecule has 0 aliphatic heterocycles. The van der Waals surface area contributed by atoms with Crippen LogP contribution in [0.5, 0.6) is 0 Å². The summed E-state index contributed by atoms with van der Waals surface area (Å²) >= 11 is 13.9. The Morgan fingerprint density at radius 2 is 1.93 bits per heavy atom.